The molecule has 10 nitrogen and oxygen atoms in total. The van der Waals surface area contributed by atoms with E-state index in [1.807, 2.05) is 25.1 Å². The standard InChI is InChI=1S/C34H37F3N4O6/c1-18-14-20(41-12-10-19(35)11-13-41)8-9-22(18)39-26-15-21-25(17-38-26)46-32(30(21)40(5)33(43)47-34(2,3)4)31(42)27-28(36)23(44-6)16-24(45-7)29(27)37/h8-9,14-17,19H,10-13H2,1-7H3,(H,38,39). The molecule has 0 unspecified atom stereocenters. The molecule has 1 aliphatic rings. The minimum Gasteiger partial charge on any atom is -0.494 e. The van der Waals surface area contributed by atoms with E-state index in [1.54, 1.807) is 26.8 Å². The van der Waals surface area contributed by atoms with Crippen molar-refractivity contribution < 1.29 is 41.4 Å². The summed E-state index contributed by atoms with van der Waals surface area (Å²) >= 11 is 0. The van der Waals surface area contributed by atoms with Crippen LogP contribution in [0, 0.1) is 18.6 Å². The first kappa shape index (κ1) is 33.4. The van der Waals surface area contributed by atoms with Crippen molar-refractivity contribution in [2.75, 3.05) is 49.5 Å². The largest absolute Gasteiger partial charge is 0.494 e. The Morgan fingerprint density at radius 1 is 1.04 bits per heavy atom. The number of hydrogen-bond donors (Lipinski definition) is 1. The molecular formula is C34H37F3N4O6. The van der Waals surface area contributed by atoms with Gasteiger partial charge in [-0.3, -0.25) is 9.69 Å². The van der Waals surface area contributed by atoms with Gasteiger partial charge >= 0.3 is 6.09 Å². The number of ether oxygens (including phenoxy) is 3. The number of aromatic nitrogens is 1. The molecule has 1 N–H and O–H groups in total. The average Bonchev–Trinajstić information content (AvgIpc) is 3.40. The molecule has 0 atom stereocenters. The summed E-state index contributed by atoms with van der Waals surface area (Å²) in [7, 11) is 3.68. The van der Waals surface area contributed by atoms with Crippen molar-refractivity contribution in [1.29, 1.82) is 0 Å². The Labute approximate surface area is 270 Å². The van der Waals surface area contributed by atoms with E-state index in [0.717, 1.165) is 42.1 Å². The van der Waals surface area contributed by atoms with Crippen LogP contribution in [0.3, 0.4) is 0 Å². The van der Waals surface area contributed by atoms with Crippen LogP contribution in [0.4, 0.5) is 40.8 Å². The zero-order valence-electron chi connectivity index (χ0n) is 27.3. The smallest absolute Gasteiger partial charge is 0.414 e. The van der Waals surface area contributed by atoms with Crippen molar-refractivity contribution in [2.24, 2.45) is 0 Å². The molecular weight excluding hydrogens is 617 g/mol. The molecule has 5 rings (SSSR count). The fourth-order valence-corrected chi connectivity index (χ4v) is 5.39. The lowest BCUT2D eigenvalue weighted by molar-refractivity contribution is 0.0589. The van der Waals surface area contributed by atoms with Crippen LogP contribution < -0.4 is 24.6 Å². The summed E-state index contributed by atoms with van der Waals surface area (Å²) in [5, 5.41) is 3.50. The van der Waals surface area contributed by atoms with Crippen LogP contribution in [0.15, 0.2) is 40.9 Å². The van der Waals surface area contributed by atoms with Gasteiger partial charge in [0.2, 0.25) is 5.78 Å². The lowest BCUT2D eigenvalue weighted by atomic mass is 10.0. The summed E-state index contributed by atoms with van der Waals surface area (Å²) in [5.74, 6) is -4.77. The number of rotatable bonds is 8. The molecule has 1 aliphatic heterocycles. The number of nitrogens with one attached hydrogen (secondary N) is 1. The number of ketones is 1. The SMILES string of the molecule is COc1cc(OC)c(F)c(C(=O)c2oc3cnc(Nc4ccc(N5CCC(F)CC5)cc4C)cc3c2N(C)C(=O)OC(C)(C)C)c1F. The molecule has 13 heteroatoms. The Hall–Kier alpha value is -4.94. The summed E-state index contributed by atoms with van der Waals surface area (Å²) in [4.78, 5) is 34.8. The molecule has 0 bridgehead atoms. The highest BCUT2D eigenvalue weighted by Crippen LogP contribution is 2.40. The molecule has 1 saturated heterocycles. The number of amides is 1. The molecule has 1 fully saturated rings. The Bertz CT molecular complexity index is 1800. The number of pyridine rings is 1. The number of anilines is 4. The Morgan fingerprint density at radius 2 is 1.68 bits per heavy atom. The molecule has 4 aromatic rings. The molecule has 0 saturated carbocycles. The van der Waals surface area contributed by atoms with Crippen LogP contribution in [0.5, 0.6) is 11.5 Å². The summed E-state index contributed by atoms with van der Waals surface area (Å²) < 4.78 is 65.9. The number of piperidine rings is 1. The maximum atomic E-state index is 15.4. The number of alkyl halides is 1. The Balaban J connectivity index is 1.58. The highest BCUT2D eigenvalue weighted by atomic mass is 19.1. The Kier molecular flexibility index (Phi) is 9.28. The molecule has 2 aromatic carbocycles. The molecule has 0 aliphatic carbocycles. The first-order valence-electron chi connectivity index (χ1n) is 15.0. The first-order chi connectivity index (χ1) is 22.2. The minimum absolute atomic E-state index is 0.0725. The average molecular weight is 655 g/mol. The number of furan rings is 1. The van der Waals surface area contributed by atoms with E-state index in [2.05, 4.69) is 15.2 Å². The second-order valence-corrected chi connectivity index (χ2v) is 12.3. The highest BCUT2D eigenvalue weighted by molar-refractivity contribution is 6.17. The van der Waals surface area contributed by atoms with Crippen LogP contribution in [0.25, 0.3) is 11.0 Å². The predicted octanol–water partition coefficient (Wildman–Crippen LogP) is 7.72. The van der Waals surface area contributed by atoms with Gasteiger partial charge in [-0.05, 0) is 70.4 Å². The van der Waals surface area contributed by atoms with E-state index in [-0.39, 0.29) is 16.7 Å². The predicted molar refractivity (Wildman–Crippen MR) is 172 cm³/mol. The van der Waals surface area contributed by atoms with Crippen molar-refractivity contribution in [1.82, 2.24) is 4.98 Å². The zero-order valence-corrected chi connectivity index (χ0v) is 27.3. The summed E-state index contributed by atoms with van der Waals surface area (Å²) in [6.07, 6.45) is 0.702. The van der Waals surface area contributed by atoms with Gasteiger partial charge in [0.25, 0.3) is 0 Å². The van der Waals surface area contributed by atoms with Gasteiger partial charge in [-0.1, -0.05) is 0 Å². The monoisotopic (exact) mass is 654 g/mol. The van der Waals surface area contributed by atoms with Gasteiger partial charge in [0.05, 0.1) is 25.8 Å². The van der Waals surface area contributed by atoms with Crippen LogP contribution in [-0.2, 0) is 4.74 Å². The van der Waals surface area contributed by atoms with Crippen LogP contribution in [0.1, 0.15) is 55.3 Å². The maximum absolute atomic E-state index is 15.4. The number of hydrogen-bond acceptors (Lipinski definition) is 9. The number of aryl methyl sites for hydroxylation is 1. The van der Waals surface area contributed by atoms with Gasteiger partial charge in [0.1, 0.15) is 28.8 Å². The van der Waals surface area contributed by atoms with E-state index in [1.165, 1.54) is 13.2 Å². The fraction of sp³-hybridized carbons (Fsp3) is 0.382. The molecule has 1 amide bonds. The van der Waals surface area contributed by atoms with Gasteiger partial charge in [-0.2, -0.15) is 0 Å². The second kappa shape index (κ2) is 13.0. The van der Waals surface area contributed by atoms with Crippen molar-refractivity contribution in [3.63, 3.8) is 0 Å². The zero-order chi connectivity index (χ0) is 34.2. The summed E-state index contributed by atoms with van der Waals surface area (Å²) in [5.41, 5.74) is 0.715. The number of benzene rings is 2. The van der Waals surface area contributed by atoms with Gasteiger partial charge in [-0.15, -0.1) is 0 Å². The van der Waals surface area contributed by atoms with Crippen molar-refractivity contribution in [3.8, 4) is 11.5 Å². The molecule has 0 spiro atoms. The minimum atomic E-state index is -1.27. The van der Waals surface area contributed by atoms with E-state index >= 15 is 8.78 Å². The van der Waals surface area contributed by atoms with E-state index in [0.29, 0.717) is 31.7 Å². The van der Waals surface area contributed by atoms with Gasteiger partial charge in [0.15, 0.2) is 34.5 Å². The maximum Gasteiger partial charge on any atom is 0.414 e. The molecule has 250 valence electrons. The topological polar surface area (TPSA) is 106 Å². The molecule has 3 heterocycles. The van der Waals surface area contributed by atoms with Gasteiger partial charge in [0, 0.05) is 37.6 Å². The van der Waals surface area contributed by atoms with Crippen molar-refractivity contribution >= 4 is 45.7 Å². The molecule has 47 heavy (non-hydrogen) atoms. The van der Waals surface area contributed by atoms with E-state index < -0.39 is 58.1 Å². The van der Waals surface area contributed by atoms with Gasteiger partial charge < -0.3 is 28.8 Å². The number of nitrogens with zero attached hydrogens (tertiary/aromatic N) is 3. The van der Waals surface area contributed by atoms with Crippen LogP contribution in [-0.4, -0.2) is 63.0 Å². The number of halogens is 3. The molecule has 2 aromatic heterocycles. The third kappa shape index (κ3) is 6.79. The lowest BCUT2D eigenvalue weighted by Crippen LogP contribution is -2.34. The lowest BCUT2D eigenvalue weighted by Gasteiger charge is -2.31. The van der Waals surface area contributed by atoms with Crippen molar-refractivity contribution in [3.05, 3.63) is 65.1 Å². The summed E-state index contributed by atoms with van der Waals surface area (Å²) in [6, 6.07) is 8.37. The first-order valence-corrected chi connectivity index (χ1v) is 15.0. The number of fused-ring (bicyclic) bond motifs is 1. The van der Waals surface area contributed by atoms with Crippen LogP contribution in [0.2, 0.25) is 0 Å². The van der Waals surface area contributed by atoms with E-state index in [9.17, 15) is 14.0 Å². The second-order valence-electron chi connectivity index (χ2n) is 12.3. The quantitative estimate of drug-likeness (QED) is 0.191. The highest BCUT2D eigenvalue weighted by Gasteiger charge is 2.35. The third-order valence-electron chi connectivity index (χ3n) is 7.82. The van der Waals surface area contributed by atoms with Crippen LogP contribution >= 0.6 is 0 Å². The molecule has 0 radical (unpaired) electrons. The number of carbonyl (C=O) groups excluding carboxylic acids is 2. The van der Waals surface area contributed by atoms with Crippen molar-refractivity contribution in [2.45, 2.75) is 52.3 Å². The Morgan fingerprint density at radius 3 is 2.26 bits per heavy atom. The fourth-order valence-electron chi connectivity index (χ4n) is 5.39. The number of carbonyl (C=O) groups is 2. The third-order valence-corrected chi connectivity index (χ3v) is 7.82. The normalized spacial score (nSPS) is 13.9. The van der Waals surface area contributed by atoms with E-state index in [4.69, 9.17) is 18.6 Å². The number of methoxy groups -OCH3 is 2. The van der Waals surface area contributed by atoms with Gasteiger partial charge in [-0.25, -0.2) is 22.9 Å². The summed E-state index contributed by atoms with van der Waals surface area (Å²) in [6.45, 7) is 8.22.